The van der Waals surface area contributed by atoms with Crippen LogP contribution < -0.4 is 4.74 Å². The molecule has 3 heteroatoms. The fourth-order valence-electron chi connectivity index (χ4n) is 6.08. The quantitative estimate of drug-likeness (QED) is 0.646. The lowest BCUT2D eigenvalue weighted by atomic mass is 9.43. The minimum Gasteiger partial charge on any atom is -0.508 e. The lowest BCUT2D eigenvalue weighted by Gasteiger charge is -2.62. The fourth-order valence-corrected chi connectivity index (χ4v) is 6.08. The maximum absolute atomic E-state index is 11.0. The second-order valence-corrected chi connectivity index (χ2v) is 10.5. The summed E-state index contributed by atoms with van der Waals surface area (Å²) in [4.78, 5) is 0. The molecule has 1 aromatic rings. The van der Waals surface area contributed by atoms with Gasteiger partial charge in [0.25, 0.3) is 0 Å². The van der Waals surface area contributed by atoms with Crippen LogP contribution in [0.2, 0.25) is 0 Å². The van der Waals surface area contributed by atoms with Gasteiger partial charge in [0, 0.05) is 11.5 Å². The van der Waals surface area contributed by atoms with Gasteiger partial charge < -0.3 is 14.9 Å². The van der Waals surface area contributed by atoms with Crippen LogP contribution in [0.15, 0.2) is 12.1 Å². The van der Waals surface area contributed by atoms with Crippen LogP contribution in [-0.2, 0) is 5.41 Å². The van der Waals surface area contributed by atoms with Crippen LogP contribution in [-0.4, -0.2) is 22.4 Å². The van der Waals surface area contributed by atoms with Gasteiger partial charge in [-0.05, 0) is 53.2 Å². The highest BCUT2D eigenvalue weighted by Crippen LogP contribution is 2.68. The van der Waals surface area contributed by atoms with E-state index in [1.165, 1.54) is 25.7 Å². The second-order valence-electron chi connectivity index (χ2n) is 10.5. The van der Waals surface area contributed by atoms with Gasteiger partial charge in [-0.2, -0.15) is 0 Å². The van der Waals surface area contributed by atoms with Gasteiger partial charge in [-0.25, -0.2) is 0 Å². The third-order valence-corrected chi connectivity index (χ3v) is 8.11. The maximum atomic E-state index is 11.0. The van der Waals surface area contributed by atoms with Crippen molar-refractivity contribution in [3.8, 4) is 11.5 Å². The minimum atomic E-state index is -0.438. The van der Waals surface area contributed by atoms with Crippen molar-refractivity contribution in [3.05, 3.63) is 23.3 Å². The molecule has 1 aliphatic heterocycles. The van der Waals surface area contributed by atoms with Gasteiger partial charge in [0.15, 0.2) is 0 Å². The van der Waals surface area contributed by atoms with Crippen molar-refractivity contribution in [2.75, 3.05) is 0 Å². The summed E-state index contributed by atoms with van der Waals surface area (Å²) in [6.45, 7) is 11.3. The number of hydrogen-bond donors (Lipinski definition) is 2. The average molecular weight is 373 g/mol. The van der Waals surface area contributed by atoms with E-state index in [1.54, 1.807) is 0 Å². The maximum Gasteiger partial charge on any atom is 0.132 e. The van der Waals surface area contributed by atoms with E-state index < -0.39 is 6.10 Å². The summed E-state index contributed by atoms with van der Waals surface area (Å²) in [5.41, 5.74) is 2.22. The predicted octanol–water partition coefficient (Wildman–Crippen LogP) is 5.52. The molecular formula is C24H36O3. The Morgan fingerprint density at radius 2 is 1.89 bits per heavy atom. The summed E-state index contributed by atoms with van der Waals surface area (Å²) >= 11 is 0. The fraction of sp³-hybridized carbons (Fsp3) is 0.750. The Hall–Kier alpha value is -1.22. The molecule has 0 unspecified atom stereocenters. The molecule has 0 radical (unpaired) electrons. The van der Waals surface area contributed by atoms with Gasteiger partial charge >= 0.3 is 0 Å². The number of rotatable bonds is 6. The van der Waals surface area contributed by atoms with Crippen LogP contribution in [0.25, 0.3) is 0 Å². The zero-order chi connectivity index (χ0) is 19.6. The van der Waals surface area contributed by atoms with Crippen molar-refractivity contribution in [2.45, 2.75) is 96.7 Å². The Balaban J connectivity index is 1.61. The molecule has 5 rings (SSSR count). The highest BCUT2D eigenvalue weighted by Gasteiger charge is 2.65. The lowest BCUT2D eigenvalue weighted by molar-refractivity contribution is -0.190. The van der Waals surface area contributed by atoms with Gasteiger partial charge in [-0.1, -0.05) is 60.3 Å². The van der Waals surface area contributed by atoms with Crippen LogP contribution in [0.3, 0.4) is 0 Å². The number of fused-ring (bicyclic) bond motifs is 1. The molecule has 1 aromatic carbocycles. The zero-order valence-electron chi connectivity index (χ0n) is 17.6. The van der Waals surface area contributed by atoms with Crippen molar-refractivity contribution in [3.63, 3.8) is 0 Å². The SMILES string of the molecule is CCCCCCC(C)(C)c1cc(O)c2c(c1)O[C@H]1[C@H](O)[C@@H]3C[C@H]([C@@H]21)C3(C)C. The average Bonchev–Trinajstić information content (AvgIpc) is 2.99. The first-order chi connectivity index (χ1) is 12.7. The summed E-state index contributed by atoms with van der Waals surface area (Å²) < 4.78 is 6.27. The molecule has 0 amide bonds. The van der Waals surface area contributed by atoms with E-state index in [0.29, 0.717) is 17.6 Å². The molecule has 2 bridgehead atoms. The van der Waals surface area contributed by atoms with Crippen LogP contribution in [0.4, 0.5) is 0 Å². The minimum absolute atomic E-state index is 0.0113. The van der Waals surface area contributed by atoms with Crippen LogP contribution >= 0.6 is 0 Å². The topological polar surface area (TPSA) is 49.7 Å². The van der Waals surface area contributed by atoms with E-state index in [9.17, 15) is 10.2 Å². The molecule has 0 spiro atoms. The lowest BCUT2D eigenvalue weighted by Crippen LogP contribution is -2.63. The molecule has 0 saturated heterocycles. The predicted molar refractivity (Wildman–Crippen MR) is 108 cm³/mol. The molecule has 2 N–H and O–H groups in total. The number of phenolic OH excluding ortho intramolecular Hbond substituents is 1. The smallest absolute Gasteiger partial charge is 0.132 e. The molecule has 3 nitrogen and oxygen atoms in total. The highest BCUT2D eigenvalue weighted by molar-refractivity contribution is 5.55. The second kappa shape index (κ2) is 6.40. The van der Waals surface area contributed by atoms with Crippen molar-refractivity contribution < 1.29 is 14.9 Å². The van der Waals surface area contributed by atoms with Crippen molar-refractivity contribution >= 4 is 0 Å². The van der Waals surface area contributed by atoms with Crippen molar-refractivity contribution in [1.82, 2.24) is 0 Å². The van der Waals surface area contributed by atoms with E-state index in [1.807, 2.05) is 6.07 Å². The van der Waals surface area contributed by atoms with Gasteiger partial charge in [-0.15, -0.1) is 0 Å². The first-order valence-electron chi connectivity index (χ1n) is 10.9. The zero-order valence-corrected chi connectivity index (χ0v) is 17.6. The molecule has 4 aliphatic rings. The summed E-state index contributed by atoms with van der Waals surface area (Å²) in [5.74, 6) is 2.09. The molecular weight excluding hydrogens is 336 g/mol. The third kappa shape index (κ3) is 2.80. The van der Waals surface area contributed by atoms with Crippen LogP contribution in [0.5, 0.6) is 11.5 Å². The number of aliphatic hydroxyl groups is 1. The van der Waals surface area contributed by atoms with E-state index in [-0.39, 0.29) is 22.9 Å². The number of unbranched alkanes of at least 4 members (excludes halogenated alkanes) is 3. The first kappa shape index (κ1) is 19.1. The van der Waals surface area contributed by atoms with Crippen LogP contribution in [0.1, 0.15) is 90.2 Å². The summed E-state index contributed by atoms with van der Waals surface area (Å²) in [6, 6.07) is 4.11. The largest absolute Gasteiger partial charge is 0.508 e. The van der Waals surface area contributed by atoms with E-state index in [2.05, 4.69) is 40.7 Å². The van der Waals surface area contributed by atoms with Gasteiger partial charge in [0.1, 0.15) is 17.6 Å². The van der Waals surface area contributed by atoms with E-state index in [4.69, 9.17) is 4.74 Å². The van der Waals surface area contributed by atoms with Crippen molar-refractivity contribution in [1.29, 1.82) is 0 Å². The molecule has 1 heterocycles. The number of hydrogen-bond acceptors (Lipinski definition) is 3. The van der Waals surface area contributed by atoms with Gasteiger partial charge in [-0.3, -0.25) is 0 Å². The first-order valence-corrected chi connectivity index (χ1v) is 10.9. The summed E-state index contributed by atoms with van der Waals surface area (Å²) in [6.07, 6.45) is 6.54. The summed E-state index contributed by atoms with van der Waals surface area (Å²) in [7, 11) is 0. The Bertz CT molecular complexity index is 721. The Morgan fingerprint density at radius 1 is 1.15 bits per heavy atom. The third-order valence-electron chi connectivity index (χ3n) is 8.11. The Kier molecular flexibility index (Phi) is 4.53. The van der Waals surface area contributed by atoms with Gasteiger partial charge in [0.05, 0.1) is 6.10 Å². The van der Waals surface area contributed by atoms with E-state index in [0.717, 1.165) is 29.7 Å². The molecule has 5 atom stereocenters. The Morgan fingerprint density at radius 3 is 2.56 bits per heavy atom. The Labute approximate surface area is 164 Å². The van der Waals surface area contributed by atoms with Crippen molar-refractivity contribution in [2.24, 2.45) is 17.3 Å². The normalized spacial score (nSPS) is 33.0. The molecule has 0 aromatic heterocycles. The van der Waals surface area contributed by atoms with Gasteiger partial charge in [0.2, 0.25) is 0 Å². The van der Waals surface area contributed by atoms with E-state index >= 15 is 0 Å². The molecule has 27 heavy (non-hydrogen) atoms. The molecule has 3 saturated carbocycles. The number of aliphatic hydroxyl groups excluding tert-OH is 1. The summed E-state index contributed by atoms with van der Waals surface area (Å²) in [5, 5.41) is 21.8. The number of benzene rings is 1. The monoisotopic (exact) mass is 372 g/mol. The highest BCUT2D eigenvalue weighted by atomic mass is 16.5. The number of aromatic hydroxyl groups is 1. The number of phenols is 1. The molecule has 3 aliphatic carbocycles. The number of ether oxygens (including phenoxy) is 1. The van der Waals surface area contributed by atoms with Crippen LogP contribution in [0, 0.1) is 17.3 Å². The molecule has 3 fully saturated rings. The molecule has 150 valence electrons. The standard InChI is InChI=1S/C24H36O3/c1-6-7-8-9-10-23(2,3)14-11-17(25)20-18(12-14)27-22-19(20)15-13-16(21(22)26)24(15,4)5/h11-12,15-16,19,21-22,25-26H,6-10,13H2,1-5H3/t15-,16+,19+,21-,22-/m1/s1.